The molecular weight excluding hydrogens is 444 g/mol. The molecule has 0 atom stereocenters. The molecule has 0 unspecified atom stereocenters. The highest BCUT2D eigenvalue weighted by atomic mass is 19.4. The number of amides is 3. The predicted octanol–water partition coefficient (Wildman–Crippen LogP) is 4.20. The molecule has 2 aromatic rings. The Hall–Kier alpha value is -3.57. The van der Waals surface area contributed by atoms with Gasteiger partial charge in [-0.3, -0.25) is 14.4 Å². The number of nitrogens with one attached hydrogen (secondary N) is 3. The number of benzene rings is 2. The summed E-state index contributed by atoms with van der Waals surface area (Å²) in [6.07, 6.45) is -9.71. The Balaban J connectivity index is 2.34. The van der Waals surface area contributed by atoms with Crippen LogP contribution in [-0.4, -0.2) is 23.8 Å². The van der Waals surface area contributed by atoms with Gasteiger partial charge in [0.25, 0.3) is 11.8 Å². The second-order valence-corrected chi connectivity index (χ2v) is 6.59. The van der Waals surface area contributed by atoms with E-state index in [0.717, 1.165) is 36.4 Å². The van der Waals surface area contributed by atoms with Gasteiger partial charge in [-0.2, -0.15) is 26.3 Å². The van der Waals surface area contributed by atoms with E-state index in [9.17, 15) is 40.7 Å². The summed E-state index contributed by atoms with van der Waals surface area (Å²) in [7, 11) is 0. The third kappa shape index (κ3) is 5.56. The lowest BCUT2D eigenvalue weighted by atomic mass is 9.93. The Morgan fingerprint density at radius 3 is 1.53 bits per heavy atom. The third-order valence-corrected chi connectivity index (χ3v) is 4.51. The molecule has 0 aromatic heterocycles. The molecule has 0 radical (unpaired) electrons. The summed E-state index contributed by atoms with van der Waals surface area (Å²) in [6, 6.07) is 7.13. The number of carbonyl (C=O) groups excluding carboxylic acids is 3. The minimum Gasteiger partial charge on any atom is -0.337 e. The number of rotatable bonds is 7. The van der Waals surface area contributed by atoms with Crippen LogP contribution in [0.2, 0.25) is 0 Å². The lowest BCUT2D eigenvalue weighted by Gasteiger charge is -2.29. The monoisotopic (exact) mass is 461 g/mol. The van der Waals surface area contributed by atoms with Crippen molar-refractivity contribution in [3.63, 3.8) is 0 Å². The SMILES string of the molecule is CCC(NC=O)(C(=O)Nc1cccc(C(F)(F)F)c1)C(=O)Nc1cccc(C(F)(F)F)c1. The van der Waals surface area contributed by atoms with E-state index in [4.69, 9.17) is 0 Å². The van der Waals surface area contributed by atoms with Crippen LogP contribution < -0.4 is 16.0 Å². The number of alkyl halides is 6. The van der Waals surface area contributed by atoms with Gasteiger partial charge in [-0.25, -0.2) is 0 Å². The van der Waals surface area contributed by atoms with Crippen LogP contribution in [0.15, 0.2) is 48.5 Å². The van der Waals surface area contributed by atoms with Gasteiger partial charge in [0.1, 0.15) is 0 Å². The lowest BCUT2D eigenvalue weighted by Crippen LogP contribution is -2.61. The number of hydrogen-bond acceptors (Lipinski definition) is 3. The largest absolute Gasteiger partial charge is 0.416 e. The highest BCUT2D eigenvalue weighted by molar-refractivity contribution is 6.19. The first-order valence-electron chi connectivity index (χ1n) is 9.02. The first-order valence-corrected chi connectivity index (χ1v) is 9.02. The second-order valence-electron chi connectivity index (χ2n) is 6.59. The van der Waals surface area contributed by atoms with Crippen molar-refractivity contribution in [1.82, 2.24) is 5.32 Å². The quantitative estimate of drug-likeness (QED) is 0.328. The van der Waals surface area contributed by atoms with E-state index in [-0.39, 0.29) is 24.2 Å². The van der Waals surface area contributed by atoms with Gasteiger partial charge >= 0.3 is 12.4 Å². The molecule has 0 spiro atoms. The zero-order valence-electron chi connectivity index (χ0n) is 16.4. The molecule has 2 rings (SSSR count). The zero-order chi connectivity index (χ0) is 24.2. The fourth-order valence-corrected chi connectivity index (χ4v) is 2.78. The van der Waals surface area contributed by atoms with Gasteiger partial charge in [0.15, 0.2) is 5.54 Å². The van der Waals surface area contributed by atoms with Crippen LogP contribution in [0, 0.1) is 0 Å². The zero-order valence-corrected chi connectivity index (χ0v) is 16.4. The van der Waals surface area contributed by atoms with Crippen molar-refractivity contribution < 1.29 is 40.7 Å². The molecule has 0 fully saturated rings. The van der Waals surface area contributed by atoms with Crippen molar-refractivity contribution in [3.8, 4) is 0 Å². The average molecular weight is 461 g/mol. The predicted molar refractivity (Wildman–Crippen MR) is 102 cm³/mol. The van der Waals surface area contributed by atoms with E-state index in [1.807, 2.05) is 5.32 Å². The number of halogens is 6. The summed E-state index contributed by atoms with van der Waals surface area (Å²) in [5, 5.41) is 6.29. The molecule has 0 aliphatic rings. The van der Waals surface area contributed by atoms with E-state index in [0.29, 0.717) is 12.1 Å². The molecule has 3 N–H and O–H groups in total. The molecule has 32 heavy (non-hydrogen) atoms. The summed E-state index contributed by atoms with van der Waals surface area (Å²) in [5.41, 5.74) is -5.04. The van der Waals surface area contributed by atoms with Crippen molar-refractivity contribution in [1.29, 1.82) is 0 Å². The summed E-state index contributed by atoms with van der Waals surface area (Å²) in [5.74, 6) is -2.37. The molecule has 3 amide bonds. The number of anilines is 2. The smallest absolute Gasteiger partial charge is 0.337 e. The molecule has 0 saturated carbocycles. The van der Waals surface area contributed by atoms with Gasteiger partial charge in [-0.15, -0.1) is 0 Å². The minimum absolute atomic E-state index is 0.0287. The lowest BCUT2D eigenvalue weighted by molar-refractivity contribution is -0.138. The molecule has 0 aliphatic carbocycles. The van der Waals surface area contributed by atoms with Crippen molar-refractivity contribution in [2.24, 2.45) is 0 Å². The molecule has 172 valence electrons. The van der Waals surface area contributed by atoms with Crippen molar-refractivity contribution in [2.45, 2.75) is 31.2 Å². The summed E-state index contributed by atoms with van der Waals surface area (Å²) >= 11 is 0. The Kier molecular flexibility index (Phi) is 7.17. The third-order valence-electron chi connectivity index (χ3n) is 4.51. The van der Waals surface area contributed by atoms with Gasteiger partial charge in [-0.1, -0.05) is 19.1 Å². The van der Waals surface area contributed by atoms with Crippen molar-refractivity contribution >= 4 is 29.6 Å². The minimum atomic E-state index is -4.69. The Morgan fingerprint density at radius 2 is 1.22 bits per heavy atom. The number of carbonyl (C=O) groups is 3. The highest BCUT2D eigenvalue weighted by Crippen LogP contribution is 2.32. The van der Waals surface area contributed by atoms with E-state index < -0.39 is 40.8 Å². The second kappa shape index (κ2) is 9.28. The van der Waals surface area contributed by atoms with Gasteiger partial charge in [0, 0.05) is 11.4 Å². The van der Waals surface area contributed by atoms with Crippen LogP contribution in [0.25, 0.3) is 0 Å². The molecular formula is C20H17F6N3O3. The summed E-state index contributed by atoms with van der Waals surface area (Å²) < 4.78 is 77.4. The normalized spacial score (nSPS) is 12.1. The standard InChI is InChI=1S/C20H17F6N3O3/c1-2-18(27-11-30,16(31)28-14-7-3-5-12(9-14)19(21,22)23)17(32)29-15-8-4-6-13(10-15)20(24,25)26/h3-11H,2H2,1H3,(H,27,30)(H,28,31)(H,29,32). The van der Waals surface area contributed by atoms with Crippen molar-refractivity contribution in [3.05, 3.63) is 59.7 Å². The topological polar surface area (TPSA) is 87.3 Å². The molecule has 12 heteroatoms. The van der Waals surface area contributed by atoms with E-state index in [1.54, 1.807) is 0 Å². The van der Waals surface area contributed by atoms with Crippen LogP contribution >= 0.6 is 0 Å². The molecule has 2 aromatic carbocycles. The first-order chi connectivity index (χ1) is 14.8. The van der Waals surface area contributed by atoms with Gasteiger partial charge in [-0.05, 0) is 42.8 Å². The maximum Gasteiger partial charge on any atom is 0.416 e. The first kappa shape index (κ1) is 24.7. The molecule has 0 aliphatic heterocycles. The Labute approximate surface area is 178 Å². The summed E-state index contributed by atoms with van der Waals surface area (Å²) in [6.45, 7) is 1.33. The molecule has 6 nitrogen and oxygen atoms in total. The van der Waals surface area contributed by atoms with Crippen LogP contribution in [0.3, 0.4) is 0 Å². The van der Waals surface area contributed by atoms with Crippen LogP contribution in [-0.2, 0) is 26.7 Å². The van der Waals surface area contributed by atoms with Gasteiger partial charge in [0.2, 0.25) is 6.41 Å². The Morgan fingerprint density at radius 1 is 0.812 bits per heavy atom. The van der Waals surface area contributed by atoms with Crippen LogP contribution in [0.4, 0.5) is 37.7 Å². The maximum atomic E-state index is 12.9. The average Bonchev–Trinajstić information content (AvgIpc) is 2.71. The van der Waals surface area contributed by atoms with Crippen LogP contribution in [0.1, 0.15) is 24.5 Å². The van der Waals surface area contributed by atoms with Gasteiger partial charge in [0.05, 0.1) is 11.1 Å². The van der Waals surface area contributed by atoms with E-state index in [2.05, 4.69) is 10.6 Å². The number of hydrogen-bond donors (Lipinski definition) is 3. The fraction of sp³-hybridized carbons (Fsp3) is 0.250. The Bertz CT molecular complexity index is 933. The van der Waals surface area contributed by atoms with Crippen LogP contribution in [0.5, 0.6) is 0 Å². The highest BCUT2D eigenvalue weighted by Gasteiger charge is 2.45. The molecule has 0 saturated heterocycles. The van der Waals surface area contributed by atoms with E-state index >= 15 is 0 Å². The molecule has 0 bridgehead atoms. The van der Waals surface area contributed by atoms with Gasteiger partial charge < -0.3 is 16.0 Å². The van der Waals surface area contributed by atoms with E-state index in [1.165, 1.54) is 6.92 Å². The fourth-order valence-electron chi connectivity index (χ4n) is 2.78. The summed E-state index contributed by atoms with van der Waals surface area (Å²) in [4.78, 5) is 36.7. The van der Waals surface area contributed by atoms with Crippen molar-refractivity contribution in [2.75, 3.05) is 10.6 Å². The molecule has 0 heterocycles. The maximum absolute atomic E-state index is 12.9.